The van der Waals surface area contributed by atoms with Crippen LogP contribution in [-0.4, -0.2) is 13.1 Å². The summed E-state index contributed by atoms with van der Waals surface area (Å²) in [6.07, 6.45) is 1.61. The Kier molecular flexibility index (Phi) is 7.10. The van der Waals surface area contributed by atoms with Crippen molar-refractivity contribution in [3.05, 3.63) is 54.0 Å². The molecule has 5 nitrogen and oxygen atoms in total. The molecule has 0 aliphatic heterocycles. The third-order valence-corrected chi connectivity index (χ3v) is 2.57. The summed E-state index contributed by atoms with van der Waals surface area (Å²) in [7, 11) is 1.66. The van der Waals surface area contributed by atoms with E-state index in [0.717, 1.165) is 17.0 Å². The summed E-state index contributed by atoms with van der Waals surface area (Å²) >= 11 is 0. The Morgan fingerprint density at radius 3 is 2.80 bits per heavy atom. The number of nitrogens with one attached hydrogen (secondary N) is 1. The number of hydrogen-bond acceptors (Lipinski definition) is 3. The van der Waals surface area contributed by atoms with Gasteiger partial charge < -0.3 is 20.2 Å². The first-order valence-electron chi connectivity index (χ1n) is 5.96. The Hall–Kier alpha value is -1.54. The number of benzene rings is 1. The van der Waals surface area contributed by atoms with Gasteiger partial charge in [-0.3, -0.25) is 0 Å². The van der Waals surface area contributed by atoms with Crippen molar-refractivity contribution in [1.82, 2.24) is 0 Å². The summed E-state index contributed by atoms with van der Waals surface area (Å²) in [5.74, 6) is 1.12. The summed E-state index contributed by atoms with van der Waals surface area (Å²) in [5.41, 5.74) is 7.77. The van der Waals surface area contributed by atoms with Crippen LogP contribution in [0.15, 0.2) is 52.1 Å². The van der Waals surface area contributed by atoms with Crippen molar-refractivity contribution in [2.24, 2.45) is 10.7 Å². The third kappa shape index (κ3) is 4.86. The molecule has 0 saturated heterocycles. The number of aliphatic imine (C=N–C) groups is 1. The van der Waals surface area contributed by atoms with E-state index in [4.69, 9.17) is 14.9 Å². The fourth-order valence-electron chi connectivity index (χ4n) is 1.67. The van der Waals surface area contributed by atoms with Crippen molar-refractivity contribution >= 4 is 35.6 Å². The highest BCUT2D eigenvalue weighted by atomic mass is 127. The van der Waals surface area contributed by atoms with Crippen LogP contribution in [0.2, 0.25) is 0 Å². The topological polar surface area (TPSA) is 72.8 Å². The van der Waals surface area contributed by atoms with E-state index in [1.165, 1.54) is 0 Å². The number of para-hydroxylation sites is 1. The first kappa shape index (κ1) is 16.5. The molecule has 0 amide bonds. The van der Waals surface area contributed by atoms with Gasteiger partial charge in [0, 0.05) is 18.4 Å². The summed E-state index contributed by atoms with van der Waals surface area (Å²) in [6.45, 7) is 0.937. The normalized spacial score (nSPS) is 10.9. The molecule has 2 aromatic rings. The zero-order valence-corrected chi connectivity index (χ0v) is 13.5. The summed E-state index contributed by atoms with van der Waals surface area (Å²) < 4.78 is 10.3. The number of halogens is 1. The Bertz CT molecular complexity index is 541. The minimum absolute atomic E-state index is 0. The lowest BCUT2D eigenvalue weighted by Crippen LogP contribution is -2.23. The van der Waals surface area contributed by atoms with Crippen LogP contribution in [0.25, 0.3) is 0 Å². The molecule has 6 heteroatoms. The average Bonchev–Trinajstić information content (AvgIpc) is 2.92. The standard InChI is InChI=1S/C14H17N3O2.HI/c1-18-10-11-5-2-3-7-13(11)17-14(15)16-9-12-6-4-8-19-12;/h2-8H,9-10H2,1H3,(H3,15,16,17);1H. The molecule has 2 rings (SSSR count). The van der Waals surface area contributed by atoms with Gasteiger partial charge in [0.2, 0.25) is 0 Å². The van der Waals surface area contributed by atoms with Gasteiger partial charge in [-0.1, -0.05) is 18.2 Å². The monoisotopic (exact) mass is 387 g/mol. The van der Waals surface area contributed by atoms with Crippen LogP contribution in [0.1, 0.15) is 11.3 Å². The van der Waals surface area contributed by atoms with E-state index in [1.807, 2.05) is 36.4 Å². The molecule has 0 aliphatic rings. The van der Waals surface area contributed by atoms with Crippen LogP contribution in [0.3, 0.4) is 0 Å². The average molecular weight is 387 g/mol. The number of methoxy groups -OCH3 is 1. The van der Waals surface area contributed by atoms with Crippen LogP contribution in [0.5, 0.6) is 0 Å². The van der Waals surface area contributed by atoms with Gasteiger partial charge >= 0.3 is 0 Å². The maximum Gasteiger partial charge on any atom is 0.193 e. The van der Waals surface area contributed by atoms with E-state index >= 15 is 0 Å². The number of rotatable bonds is 5. The Balaban J connectivity index is 0.00000200. The molecular formula is C14H18IN3O2. The van der Waals surface area contributed by atoms with Crippen LogP contribution in [0, 0.1) is 0 Å². The zero-order valence-electron chi connectivity index (χ0n) is 11.2. The van der Waals surface area contributed by atoms with E-state index < -0.39 is 0 Å². The lowest BCUT2D eigenvalue weighted by atomic mass is 10.2. The smallest absolute Gasteiger partial charge is 0.193 e. The molecule has 0 bridgehead atoms. The van der Waals surface area contributed by atoms with Gasteiger partial charge in [0.05, 0.1) is 12.9 Å². The number of furan rings is 1. The first-order chi connectivity index (χ1) is 9.29. The van der Waals surface area contributed by atoms with E-state index in [2.05, 4.69) is 10.3 Å². The van der Waals surface area contributed by atoms with Crippen LogP contribution < -0.4 is 11.1 Å². The number of nitrogens with two attached hydrogens (primary N) is 1. The van der Waals surface area contributed by atoms with Crippen molar-refractivity contribution < 1.29 is 9.15 Å². The number of hydrogen-bond donors (Lipinski definition) is 2. The van der Waals surface area contributed by atoms with Crippen molar-refractivity contribution in [2.45, 2.75) is 13.2 Å². The predicted octanol–water partition coefficient (Wildman–Crippen LogP) is 2.97. The van der Waals surface area contributed by atoms with Gasteiger partial charge in [0.15, 0.2) is 5.96 Å². The summed E-state index contributed by atoms with van der Waals surface area (Å²) in [4.78, 5) is 4.21. The second-order valence-electron chi connectivity index (χ2n) is 4.00. The lowest BCUT2D eigenvalue weighted by Gasteiger charge is -2.10. The van der Waals surface area contributed by atoms with Gasteiger partial charge in [0.1, 0.15) is 12.3 Å². The molecule has 1 heterocycles. The largest absolute Gasteiger partial charge is 0.467 e. The van der Waals surface area contributed by atoms with Crippen LogP contribution in [-0.2, 0) is 17.9 Å². The summed E-state index contributed by atoms with van der Waals surface area (Å²) in [5, 5.41) is 3.06. The molecule has 108 valence electrons. The van der Waals surface area contributed by atoms with E-state index in [1.54, 1.807) is 13.4 Å². The number of ether oxygens (including phenoxy) is 1. The molecule has 0 radical (unpaired) electrons. The Morgan fingerprint density at radius 2 is 2.10 bits per heavy atom. The molecule has 1 aromatic carbocycles. The van der Waals surface area contributed by atoms with Crippen LogP contribution in [0.4, 0.5) is 5.69 Å². The van der Waals surface area contributed by atoms with Crippen LogP contribution >= 0.6 is 24.0 Å². The molecule has 0 saturated carbocycles. The van der Waals surface area contributed by atoms with Gasteiger partial charge in [-0.15, -0.1) is 24.0 Å². The molecule has 3 N–H and O–H groups in total. The second kappa shape index (κ2) is 8.60. The summed E-state index contributed by atoms with van der Waals surface area (Å²) in [6, 6.07) is 11.5. The molecule has 0 aliphatic carbocycles. The highest BCUT2D eigenvalue weighted by Crippen LogP contribution is 2.15. The van der Waals surface area contributed by atoms with Gasteiger partial charge in [-0.25, -0.2) is 4.99 Å². The molecule has 0 unspecified atom stereocenters. The highest BCUT2D eigenvalue weighted by Gasteiger charge is 2.02. The quantitative estimate of drug-likeness (QED) is 0.470. The predicted molar refractivity (Wildman–Crippen MR) is 90.2 cm³/mol. The minimum atomic E-state index is 0. The van der Waals surface area contributed by atoms with Gasteiger partial charge in [-0.05, 0) is 18.2 Å². The maximum absolute atomic E-state index is 5.84. The van der Waals surface area contributed by atoms with Crippen molar-refractivity contribution in [3.8, 4) is 0 Å². The first-order valence-corrected chi connectivity index (χ1v) is 5.96. The van der Waals surface area contributed by atoms with E-state index in [9.17, 15) is 0 Å². The third-order valence-electron chi connectivity index (χ3n) is 2.57. The Morgan fingerprint density at radius 1 is 1.30 bits per heavy atom. The molecule has 1 aromatic heterocycles. The molecule has 20 heavy (non-hydrogen) atoms. The molecule has 0 fully saturated rings. The molecule has 0 atom stereocenters. The second-order valence-corrected chi connectivity index (χ2v) is 4.00. The fraction of sp³-hybridized carbons (Fsp3) is 0.214. The van der Waals surface area contributed by atoms with E-state index in [-0.39, 0.29) is 24.0 Å². The number of anilines is 1. The van der Waals surface area contributed by atoms with Gasteiger partial charge in [-0.2, -0.15) is 0 Å². The zero-order chi connectivity index (χ0) is 13.5. The van der Waals surface area contributed by atoms with Gasteiger partial charge in [0.25, 0.3) is 0 Å². The lowest BCUT2D eigenvalue weighted by molar-refractivity contribution is 0.185. The van der Waals surface area contributed by atoms with Crippen molar-refractivity contribution in [1.29, 1.82) is 0 Å². The molecule has 0 spiro atoms. The van der Waals surface area contributed by atoms with Crippen molar-refractivity contribution in [3.63, 3.8) is 0 Å². The SMILES string of the molecule is COCc1ccccc1NC(N)=NCc1ccco1.I. The Labute approximate surface area is 135 Å². The number of nitrogens with zero attached hydrogens (tertiary/aromatic N) is 1. The highest BCUT2D eigenvalue weighted by molar-refractivity contribution is 14.0. The number of guanidine groups is 1. The minimum Gasteiger partial charge on any atom is -0.467 e. The van der Waals surface area contributed by atoms with E-state index in [0.29, 0.717) is 19.1 Å². The molecular weight excluding hydrogens is 369 g/mol. The fourth-order valence-corrected chi connectivity index (χ4v) is 1.67. The maximum atomic E-state index is 5.84. The van der Waals surface area contributed by atoms with Crippen molar-refractivity contribution in [2.75, 3.05) is 12.4 Å².